The van der Waals surface area contributed by atoms with Crippen LogP contribution in [0.5, 0.6) is 0 Å². The number of hydrogen-bond donors (Lipinski definition) is 2. The van der Waals surface area contributed by atoms with Gasteiger partial charge in [0.15, 0.2) is 0 Å². The fourth-order valence-electron chi connectivity index (χ4n) is 8.34. The normalized spacial score (nSPS) is 14.7. The molecule has 0 aliphatic heterocycles. The summed E-state index contributed by atoms with van der Waals surface area (Å²) in [5.74, 6) is 0. The van der Waals surface area contributed by atoms with Crippen LogP contribution in [0.2, 0.25) is 0 Å². The molecule has 0 radical (unpaired) electrons. The van der Waals surface area contributed by atoms with E-state index in [0.29, 0.717) is 0 Å². The molecular formula is C56H44N4. The molecule has 0 saturated carbocycles. The van der Waals surface area contributed by atoms with Crippen LogP contribution in [-0.2, 0) is 5.54 Å². The van der Waals surface area contributed by atoms with Crippen molar-refractivity contribution < 1.29 is 0 Å². The Morgan fingerprint density at radius 2 is 0.800 bits per heavy atom. The number of nitrogens with one attached hydrogen (secondary N) is 2. The molecule has 4 heteroatoms. The van der Waals surface area contributed by atoms with Crippen molar-refractivity contribution in [3.8, 4) is 0 Å². The predicted molar refractivity (Wildman–Crippen MR) is 254 cm³/mol. The molecule has 1 aliphatic rings. The number of para-hydroxylation sites is 3. The van der Waals surface area contributed by atoms with Crippen LogP contribution < -0.4 is 20.4 Å². The first-order valence-electron chi connectivity index (χ1n) is 20.6. The summed E-state index contributed by atoms with van der Waals surface area (Å²) >= 11 is 0. The van der Waals surface area contributed by atoms with Gasteiger partial charge in [-0.15, -0.1) is 0 Å². The summed E-state index contributed by atoms with van der Waals surface area (Å²) in [6.45, 7) is 0. The first-order chi connectivity index (χ1) is 29.7. The van der Waals surface area contributed by atoms with Crippen LogP contribution in [0.15, 0.2) is 248 Å². The maximum absolute atomic E-state index is 4.01. The quantitative estimate of drug-likeness (QED) is 0.137. The molecule has 9 aromatic rings. The summed E-state index contributed by atoms with van der Waals surface area (Å²) in [6, 6.07) is 79.9. The lowest BCUT2D eigenvalue weighted by atomic mass is 9.82. The van der Waals surface area contributed by atoms with Crippen LogP contribution in [0.4, 0.5) is 45.5 Å². The average Bonchev–Trinajstić information content (AvgIpc) is 3.32. The van der Waals surface area contributed by atoms with Crippen LogP contribution in [0, 0.1) is 0 Å². The highest BCUT2D eigenvalue weighted by Gasteiger charge is 2.31. The zero-order valence-corrected chi connectivity index (χ0v) is 33.2. The summed E-state index contributed by atoms with van der Waals surface area (Å²) in [4.78, 5) is 4.66. The van der Waals surface area contributed by atoms with E-state index in [9.17, 15) is 0 Å². The van der Waals surface area contributed by atoms with Gasteiger partial charge in [-0.3, -0.25) is 0 Å². The standard InChI is InChI=1S/C56H44N4/c1-4-18-47(19-5-1)57-48-36-38-56(39-37-48,46-26-32-52(33-27-46)59(50-20-6-2-7-21-50)54-30-24-42-14-10-12-16-44(42)40-54)58-49-28-34-53(35-29-49)60(51-22-8-3-9-23-51)55-31-25-43-15-11-13-17-45(43)41-55/h1-38,40-41,57-58H,39H2. The summed E-state index contributed by atoms with van der Waals surface area (Å²) in [5.41, 5.74) is 10.5. The van der Waals surface area contributed by atoms with Crippen LogP contribution in [-0.4, -0.2) is 0 Å². The Morgan fingerprint density at radius 3 is 1.30 bits per heavy atom. The highest BCUT2D eigenvalue weighted by molar-refractivity contribution is 5.90. The topological polar surface area (TPSA) is 30.5 Å². The molecule has 2 N–H and O–H groups in total. The van der Waals surface area contributed by atoms with E-state index in [1.165, 1.54) is 27.1 Å². The second kappa shape index (κ2) is 16.2. The minimum absolute atomic E-state index is 0.500. The van der Waals surface area contributed by atoms with Gasteiger partial charge in [0, 0.05) is 51.2 Å². The molecule has 60 heavy (non-hydrogen) atoms. The molecule has 4 nitrogen and oxygen atoms in total. The first-order valence-corrected chi connectivity index (χ1v) is 20.6. The van der Waals surface area contributed by atoms with E-state index in [1.807, 2.05) is 6.07 Å². The third-order valence-electron chi connectivity index (χ3n) is 11.4. The van der Waals surface area contributed by atoms with Gasteiger partial charge < -0.3 is 20.4 Å². The zero-order chi connectivity index (χ0) is 40.1. The van der Waals surface area contributed by atoms with Crippen LogP contribution in [0.3, 0.4) is 0 Å². The van der Waals surface area contributed by atoms with Gasteiger partial charge in [-0.25, -0.2) is 0 Å². The van der Waals surface area contributed by atoms with Gasteiger partial charge in [-0.2, -0.15) is 0 Å². The minimum atomic E-state index is -0.500. The monoisotopic (exact) mass is 772 g/mol. The molecule has 0 amide bonds. The molecule has 0 saturated heterocycles. The van der Waals surface area contributed by atoms with E-state index >= 15 is 0 Å². The van der Waals surface area contributed by atoms with Gasteiger partial charge in [0.25, 0.3) is 0 Å². The summed E-state index contributed by atoms with van der Waals surface area (Å²) in [7, 11) is 0. The molecule has 1 atom stereocenters. The van der Waals surface area contributed by atoms with E-state index in [4.69, 9.17) is 0 Å². The molecule has 0 aromatic heterocycles. The third-order valence-corrected chi connectivity index (χ3v) is 11.4. The molecule has 0 heterocycles. The van der Waals surface area contributed by atoms with E-state index in [-0.39, 0.29) is 0 Å². The van der Waals surface area contributed by atoms with E-state index in [0.717, 1.165) is 57.6 Å². The Morgan fingerprint density at radius 1 is 0.367 bits per heavy atom. The third kappa shape index (κ3) is 7.50. The number of rotatable bonds is 11. The Labute approximate surface area is 352 Å². The van der Waals surface area contributed by atoms with Gasteiger partial charge in [0.2, 0.25) is 0 Å². The fourth-order valence-corrected chi connectivity index (χ4v) is 8.34. The van der Waals surface area contributed by atoms with Crippen molar-refractivity contribution in [3.63, 3.8) is 0 Å². The molecule has 0 bridgehead atoms. The first kappa shape index (κ1) is 36.5. The molecule has 288 valence electrons. The van der Waals surface area contributed by atoms with Gasteiger partial charge in [0.1, 0.15) is 0 Å². The second-order valence-electron chi connectivity index (χ2n) is 15.3. The summed E-state index contributed by atoms with van der Waals surface area (Å²) in [5, 5.41) is 12.5. The van der Waals surface area contributed by atoms with Gasteiger partial charge in [-0.05, 0) is 137 Å². The van der Waals surface area contributed by atoms with Gasteiger partial charge >= 0.3 is 0 Å². The van der Waals surface area contributed by atoms with Crippen molar-refractivity contribution in [1.29, 1.82) is 0 Å². The lowest BCUT2D eigenvalue weighted by Crippen LogP contribution is -2.34. The van der Waals surface area contributed by atoms with Gasteiger partial charge in [-0.1, -0.05) is 140 Å². The Bertz CT molecular complexity index is 2940. The smallest absolute Gasteiger partial charge is 0.0848 e. The van der Waals surface area contributed by atoms with Crippen molar-refractivity contribution >= 4 is 67.0 Å². The largest absolute Gasteiger partial charge is 0.372 e. The van der Waals surface area contributed by atoms with Crippen LogP contribution >= 0.6 is 0 Å². The highest BCUT2D eigenvalue weighted by atomic mass is 15.1. The van der Waals surface area contributed by atoms with E-state index in [2.05, 4.69) is 257 Å². The van der Waals surface area contributed by atoms with Crippen LogP contribution in [0.1, 0.15) is 12.0 Å². The number of allylic oxidation sites excluding steroid dienone is 1. The number of anilines is 8. The molecule has 0 fully saturated rings. The maximum Gasteiger partial charge on any atom is 0.0848 e. The average molecular weight is 773 g/mol. The van der Waals surface area contributed by atoms with Crippen LogP contribution in [0.25, 0.3) is 21.5 Å². The Kier molecular flexibility index (Phi) is 9.86. The molecule has 10 rings (SSSR count). The number of nitrogens with zero attached hydrogens (tertiary/aromatic N) is 2. The van der Waals surface area contributed by atoms with Crippen molar-refractivity contribution in [2.24, 2.45) is 0 Å². The number of benzene rings is 9. The molecule has 1 unspecified atom stereocenters. The Hall–Kier alpha value is -7.82. The number of fused-ring (bicyclic) bond motifs is 2. The maximum atomic E-state index is 4.01. The zero-order valence-electron chi connectivity index (χ0n) is 33.2. The Balaban J connectivity index is 0.998. The summed E-state index contributed by atoms with van der Waals surface area (Å²) < 4.78 is 0. The number of hydrogen-bond acceptors (Lipinski definition) is 4. The van der Waals surface area contributed by atoms with E-state index < -0.39 is 5.54 Å². The second-order valence-corrected chi connectivity index (χ2v) is 15.3. The SMILES string of the molecule is C1=CC(Nc2ccc(N(c3ccccc3)c3ccc4ccccc4c3)cc2)(c2ccc(N(c3ccccc3)c3ccc4ccccc4c3)cc2)CC=C1Nc1ccccc1. The van der Waals surface area contributed by atoms with Crippen molar-refractivity contribution in [2.45, 2.75) is 12.0 Å². The lowest BCUT2D eigenvalue weighted by molar-refractivity contribution is 0.615. The highest BCUT2D eigenvalue weighted by Crippen LogP contribution is 2.41. The van der Waals surface area contributed by atoms with Crippen molar-refractivity contribution in [1.82, 2.24) is 0 Å². The predicted octanol–water partition coefficient (Wildman–Crippen LogP) is 15.2. The lowest BCUT2D eigenvalue weighted by Gasteiger charge is -2.36. The fraction of sp³-hybridized carbons (Fsp3) is 0.0357. The summed E-state index contributed by atoms with van der Waals surface area (Å²) in [6.07, 6.45) is 7.56. The van der Waals surface area contributed by atoms with Crippen molar-refractivity contribution in [2.75, 3.05) is 20.4 Å². The van der Waals surface area contributed by atoms with Crippen molar-refractivity contribution in [3.05, 3.63) is 254 Å². The molecule has 0 spiro atoms. The molecular weight excluding hydrogens is 729 g/mol. The van der Waals surface area contributed by atoms with E-state index in [1.54, 1.807) is 0 Å². The minimum Gasteiger partial charge on any atom is -0.372 e. The van der Waals surface area contributed by atoms with Gasteiger partial charge in [0.05, 0.1) is 5.54 Å². The molecule has 1 aliphatic carbocycles. The molecule has 9 aromatic carbocycles.